The minimum atomic E-state index is 0.199. The average molecular weight is 376 g/mol. The second-order valence-corrected chi connectivity index (χ2v) is 6.49. The van der Waals surface area contributed by atoms with Crippen LogP contribution in [0.25, 0.3) is 0 Å². The molecule has 2 rings (SSSR count). The van der Waals surface area contributed by atoms with Gasteiger partial charge in [0.15, 0.2) is 5.96 Å². The molecule has 1 aromatic carbocycles. The average Bonchev–Trinajstić information content (AvgIpc) is 2.72. The van der Waals surface area contributed by atoms with E-state index in [-0.39, 0.29) is 5.91 Å². The summed E-state index contributed by atoms with van der Waals surface area (Å²) in [6.45, 7) is 8.15. The SMILES string of the molecule is CCNC(=NCCCOC)NCCC(=O)N1CCN(c2ccccc2)CC1. The quantitative estimate of drug-likeness (QED) is 0.387. The molecule has 0 atom stereocenters. The number of benzene rings is 1. The molecule has 0 aromatic heterocycles. The predicted molar refractivity (Wildman–Crippen MR) is 110 cm³/mol. The highest BCUT2D eigenvalue weighted by molar-refractivity contribution is 5.81. The van der Waals surface area contributed by atoms with Crippen molar-refractivity contribution in [3.8, 4) is 0 Å². The first-order valence-electron chi connectivity index (χ1n) is 9.83. The van der Waals surface area contributed by atoms with Gasteiger partial charge in [0.05, 0.1) is 0 Å². The monoisotopic (exact) mass is 375 g/mol. The molecule has 7 heteroatoms. The molecule has 1 fully saturated rings. The fourth-order valence-corrected chi connectivity index (χ4v) is 3.04. The summed E-state index contributed by atoms with van der Waals surface area (Å²) in [6.07, 6.45) is 1.37. The highest BCUT2D eigenvalue weighted by Crippen LogP contribution is 2.15. The van der Waals surface area contributed by atoms with E-state index in [1.165, 1.54) is 5.69 Å². The van der Waals surface area contributed by atoms with Crippen LogP contribution in [0.4, 0.5) is 5.69 Å². The topological polar surface area (TPSA) is 69.2 Å². The number of nitrogens with one attached hydrogen (secondary N) is 2. The summed E-state index contributed by atoms with van der Waals surface area (Å²) in [4.78, 5) is 21.3. The van der Waals surface area contributed by atoms with E-state index in [1.807, 2.05) is 17.9 Å². The number of amides is 1. The van der Waals surface area contributed by atoms with Crippen molar-refractivity contribution < 1.29 is 9.53 Å². The molecule has 1 heterocycles. The smallest absolute Gasteiger partial charge is 0.224 e. The Morgan fingerprint density at radius 2 is 1.89 bits per heavy atom. The maximum absolute atomic E-state index is 12.5. The lowest BCUT2D eigenvalue weighted by Crippen LogP contribution is -2.49. The zero-order valence-corrected chi connectivity index (χ0v) is 16.6. The van der Waals surface area contributed by atoms with Crippen LogP contribution in [-0.2, 0) is 9.53 Å². The standard InChI is InChI=1S/C20H33N5O2/c1-3-21-20(22-11-7-17-27-2)23-12-10-19(26)25-15-13-24(14-16-25)18-8-5-4-6-9-18/h4-6,8-9H,3,7,10-17H2,1-2H3,(H2,21,22,23). The summed E-state index contributed by atoms with van der Waals surface area (Å²) in [5, 5.41) is 6.45. The van der Waals surface area contributed by atoms with Crippen molar-refractivity contribution in [3.63, 3.8) is 0 Å². The van der Waals surface area contributed by atoms with Crippen LogP contribution in [0, 0.1) is 0 Å². The number of aliphatic imine (C=N–C) groups is 1. The molecular weight excluding hydrogens is 342 g/mol. The molecule has 0 radical (unpaired) electrons. The van der Waals surface area contributed by atoms with E-state index in [4.69, 9.17) is 4.74 Å². The number of hydrogen-bond donors (Lipinski definition) is 2. The molecule has 0 unspecified atom stereocenters. The van der Waals surface area contributed by atoms with Crippen molar-refractivity contribution in [2.45, 2.75) is 19.8 Å². The zero-order chi connectivity index (χ0) is 19.3. The van der Waals surface area contributed by atoms with Crippen LogP contribution in [0.1, 0.15) is 19.8 Å². The summed E-state index contributed by atoms with van der Waals surface area (Å²) in [6, 6.07) is 10.4. The number of para-hydroxylation sites is 1. The Morgan fingerprint density at radius 1 is 1.15 bits per heavy atom. The van der Waals surface area contributed by atoms with Gasteiger partial charge in [-0.15, -0.1) is 0 Å². The van der Waals surface area contributed by atoms with E-state index < -0.39 is 0 Å². The van der Waals surface area contributed by atoms with Crippen LogP contribution >= 0.6 is 0 Å². The number of guanidine groups is 1. The number of piperazine rings is 1. The van der Waals surface area contributed by atoms with Gasteiger partial charge in [-0.1, -0.05) is 18.2 Å². The highest BCUT2D eigenvalue weighted by Gasteiger charge is 2.20. The van der Waals surface area contributed by atoms with Crippen molar-refractivity contribution >= 4 is 17.6 Å². The number of carbonyl (C=O) groups excluding carboxylic acids is 1. The predicted octanol–water partition coefficient (Wildman–Crippen LogP) is 1.32. The van der Waals surface area contributed by atoms with Gasteiger partial charge in [0.25, 0.3) is 0 Å². The van der Waals surface area contributed by atoms with Gasteiger partial charge in [0.2, 0.25) is 5.91 Å². The first-order chi connectivity index (χ1) is 13.2. The Balaban J connectivity index is 1.69. The Morgan fingerprint density at radius 3 is 2.56 bits per heavy atom. The van der Waals surface area contributed by atoms with Gasteiger partial charge in [-0.05, 0) is 25.5 Å². The van der Waals surface area contributed by atoms with Gasteiger partial charge in [0.1, 0.15) is 0 Å². The minimum Gasteiger partial charge on any atom is -0.385 e. The first-order valence-corrected chi connectivity index (χ1v) is 9.83. The van der Waals surface area contributed by atoms with E-state index in [2.05, 4.69) is 44.8 Å². The number of hydrogen-bond acceptors (Lipinski definition) is 4. The molecule has 2 N–H and O–H groups in total. The van der Waals surface area contributed by atoms with Gasteiger partial charge in [-0.25, -0.2) is 0 Å². The first kappa shape index (κ1) is 21.0. The van der Waals surface area contributed by atoms with Gasteiger partial charge in [-0.3, -0.25) is 9.79 Å². The molecule has 27 heavy (non-hydrogen) atoms. The molecular formula is C20H33N5O2. The third kappa shape index (κ3) is 7.46. The molecule has 1 aliphatic heterocycles. The number of rotatable bonds is 9. The Labute approximate surface area is 162 Å². The fraction of sp³-hybridized carbons (Fsp3) is 0.600. The van der Waals surface area contributed by atoms with Crippen LogP contribution in [0.3, 0.4) is 0 Å². The lowest BCUT2D eigenvalue weighted by atomic mass is 10.2. The molecule has 1 saturated heterocycles. The van der Waals surface area contributed by atoms with Crippen molar-refractivity contribution in [2.24, 2.45) is 4.99 Å². The highest BCUT2D eigenvalue weighted by atomic mass is 16.5. The third-order valence-electron chi connectivity index (χ3n) is 4.51. The number of anilines is 1. The van der Waals surface area contributed by atoms with Crippen molar-refractivity contribution in [2.75, 3.05) is 64.4 Å². The number of methoxy groups -OCH3 is 1. The van der Waals surface area contributed by atoms with Gasteiger partial charge < -0.3 is 25.2 Å². The minimum absolute atomic E-state index is 0.199. The maximum atomic E-state index is 12.5. The fourth-order valence-electron chi connectivity index (χ4n) is 3.04. The van der Waals surface area contributed by atoms with Gasteiger partial charge >= 0.3 is 0 Å². The van der Waals surface area contributed by atoms with Crippen molar-refractivity contribution in [1.29, 1.82) is 0 Å². The molecule has 0 aliphatic carbocycles. The Bertz CT molecular complexity index is 571. The molecule has 1 amide bonds. The summed E-state index contributed by atoms with van der Waals surface area (Å²) >= 11 is 0. The molecule has 1 aromatic rings. The summed E-state index contributed by atoms with van der Waals surface area (Å²) in [7, 11) is 1.69. The molecule has 0 bridgehead atoms. The molecule has 150 valence electrons. The van der Waals surface area contributed by atoms with Crippen LogP contribution < -0.4 is 15.5 Å². The van der Waals surface area contributed by atoms with Crippen molar-refractivity contribution in [1.82, 2.24) is 15.5 Å². The van der Waals surface area contributed by atoms with Crippen LogP contribution in [0.5, 0.6) is 0 Å². The second-order valence-electron chi connectivity index (χ2n) is 6.49. The Kier molecular flexibility index (Phi) is 9.48. The lowest BCUT2D eigenvalue weighted by molar-refractivity contribution is -0.131. The van der Waals surface area contributed by atoms with E-state index in [0.29, 0.717) is 26.1 Å². The normalized spacial score (nSPS) is 15.0. The Hall–Kier alpha value is -2.28. The molecule has 0 saturated carbocycles. The van der Waals surface area contributed by atoms with Gasteiger partial charge in [0, 0.05) is 71.6 Å². The number of ether oxygens (including phenoxy) is 1. The molecule has 0 spiro atoms. The summed E-state index contributed by atoms with van der Waals surface area (Å²) in [5.41, 5.74) is 1.23. The summed E-state index contributed by atoms with van der Waals surface area (Å²) in [5.74, 6) is 0.959. The van der Waals surface area contributed by atoms with E-state index >= 15 is 0 Å². The van der Waals surface area contributed by atoms with E-state index in [1.54, 1.807) is 7.11 Å². The second kappa shape index (κ2) is 12.2. The number of nitrogens with zero attached hydrogens (tertiary/aromatic N) is 3. The molecule has 1 aliphatic rings. The zero-order valence-electron chi connectivity index (χ0n) is 16.6. The van der Waals surface area contributed by atoms with Gasteiger partial charge in [-0.2, -0.15) is 0 Å². The number of carbonyl (C=O) groups is 1. The van der Waals surface area contributed by atoms with Crippen LogP contribution in [-0.4, -0.2) is 76.3 Å². The van der Waals surface area contributed by atoms with Crippen LogP contribution in [0.15, 0.2) is 35.3 Å². The van der Waals surface area contributed by atoms with Crippen molar-refractivity contribution in [3.05, 3.63) is 30.3 Å². The largest absolute Gasteiger partial charge is 0.385 e. The summed E-state index contributed by atoms with van der Waals surface area (Å²) < 4.78 is 5.04. The van der Waals surface area contributed by atoms with E-state index in [0.717, 1.165) is 45.1 Å². The van der Waals surface area contributed by atoms with Crippen LogP contribution in [0.2, 0.25) is 0 Å². The van der Waals surface area contributed by atoms with E-state index in [9.17, 15) is 4.79 Å². The lowest BCUT2D eigenvalue weighted by Gasteiger charge is -2.36. The maximum Gasteiger partial charge on any atom is 0.224 e. The third-order valence-corrected chi connectivity index (χ3v) is 4.51. The molecule has 7 nitrogen and oxygen atoms in total.